The van der Waals surface area contributed by atoms with Gasteiger partial charge >= 0.3 is 0 Å². The zero-order valence-electron chi connectivity index (χ0n) is 14.8. The standard InChI is InChI=1S/C19H19Cl3N2O3/c1-12(19(26)23-2)24(10-13-6-7-16(21)17(22)8-13)18(25)11-27-15-5-3-4-14(20)9-15/h3-9,12H,10-11H2,1-2H3,(H,23,26). The van der Waals surface area contributed by atoms with E-state index >= 15 is 0 Å². The predicted octanol–water partition coefficient (Wildman–Crippen LogP) is 4.19. The van der Waals surface area contributed by atoms with E-state index in [2.05, 4.69) is 5.32 Å². The van der Waals surface area contributed by atoms with Crippen molar-refractivity contribution in [3.8, 4) is 5.75 Å². The van der Waals surface area contributed by atoms with Crippen LogP contribution in [0, 0.1) is 0 Å². The van der Waals surface area contributed by atoms with Gasteiger partial charge in [0.1, 0.15) is 11.8 Å². The summed E-state index contributed by atoms with van der Waals surface area (Å²) in [6.07, 6.45) is 0. The van der Waals surface area contributed by atoms with Crippen LogP contribution in [0.1, 0.15) is 12.5 Å². The lowest BCUT2D eigenvalue weighted by atomic mass is 10.1. The minimum Gasteiger partial charge on any atom is -0.484 e. The van der Waals surface area contributed by atoms with Crippen LogP contribution in [0.5, 0.6) is 5.75 Å². The third-order valence-corrected chi connectivity index (χ3v) is 4.88. The van der Waals surface area contributed by atoms with Gasteiger partial charge in [-0.1, -0.05) is 46.9 Å². The van der Waals surface area contributed by atoms with E-state index in [9.17, 15) is 9.59 Å². The summed E-state index contributed by atoms with van der Waals surface area (Å²) >= 11 is 17.9. The molecule has 2 aromatic carbocycles. The fourth-order valence-corrected chi connectivity index (χ4v) is 2.91. The number of nitrogens with zero attached hydrogens (tertiary/aromatic N) is 1. The number of benzene rings is 2. The summed E-state index contributed by atoms with van der Waals surface area (Å²) in [5, 5.41) is 3.85. The molecule has 1 unspecified atom stereocenters. The van der Waals surface area contributed by atoms with Crippen molar-refractivity contribution in [1.82, 2.24) is 10.2 Å². The van der Waals surface area contributed by atoms with Crippen molar-refractivity contribution < 1.29 is 14.3 Å². The van der Waals surface area contributed by atoms with Crippen molar-refractivity contribution in [2.45, 2.75) is 19.5 Å². The van der Waals surface area contributed by atoms with E-state index in [0.717, 1.165) is 5.56 Å². The van der Waals surface area contributed by atoms with Gasteiger partial charge in [0, 0.05) is 18.6 Å². The molecule has 0 aromatic heterocycles. The van der Waals surface area contributed by atoms with Crippen LogP contribution in [0.4, 0.5) is 0 Å². The molecule has 0 bridgehead atoms. The third-order valence-electron chi connectivity index (χ3n) is 3.91. The highest BCUT2D eigenvalue weighted by atomic mass is 35.5. The predicted molar refractivity (Wildman–Crippen MR) is 107 cm³/mol. The molecule has 2 amide bonds. The van der Waals surface area contributed by atoms with E-state index < -0.39 is 6.04 Å². The molecule has 0 heterocycles. The van der Waals surface area contributed by atoms with Crippen LogP contribution in [0.15, 0.2) is 42.5 Å². The summed E-state index contributed by atoms with van der Waals surface area (Å²) in [4.78, 5) is 26.2. The average molecular weight is 430 g/mol. The first-order valence-corrected chi connectivity index (χ1v) is 9.28. The van der Waals surface area contributed by atoms with Crippen molar-refractivity contribution in [2.24, 2.45) is 0 Å². The summed E-state index contributed by atoms with van der Waals surface area (Å²) in [5.74, 6) is -0.166. The molecule has 0 saturated carbocycles. The molecule has 8 heteroatoms. The fraction of sp³-hybridized carbons (Fsp3) is 0.263. The maximum atomic E-state index is 12.7. The van der Waals surface area contributed by atoms with Gasteiger partial charge in [-0.05, 0) is 42.8 Å². The molecule has 0 aliphatic carbocycles. The molecule has 1 atom stereocenters. The molecule has 0 aliphatic heterocycles. The summed E-state index contributed by atoms with van der Waals surface area (Å²) in [7, 11) is 1.52. The second-order valence-electron chi connectivity index (χ2n) is 5.81. The normalized spacial score (nSPS) is 11.6. The number of rotatable bonds is 7. The lowest BCUT2D eigenvalue weighted by molar-refractivity contribution is -0.142. The van der Waals surface area contributed by atoms with Gasteiger partial charge in [-0.15, -0.1) is 0 Å². The van der Waals surface area contributed by atoms with Crippen molar-refractivity contribution >= 4 is 46.6 Å². The highest BCUT2D eigenvalue weighted by Gasteiger charge is 2.26. The number of hydrogen-bond acceptors (Lipinski definition) is 3. The van der Waals surface area contributed by atoms with E-state index in [0.29, 0.717) is 20.8 Å². The minimum absolute atomic E-state index is 0.184. The van der Waals surface area contributed by atoms with Gasteiger partial charge in [0.25, 0.3) is 5.91 Å². The van der Waals surface area contributed by atoms with Gasteiger partial charge in [-0.3, -0.25) is 9.59 Å². The molecule has 0 saturated heterocycles. The van der Waals surface area contributed by atoms with Crippen molar-refractivity contribution in [1.29, 1.82) is 0 Å². The van der Waals surface area contributed by atoms with E-state index in [1.54, 1.807) is 49.4 Å². The molecule has 1 N–H and O–H groups in total. The lowest BCUT2D eigenvalue weighted by Crippen LogP contribution is -2.48. The molecule has 2 aromatic rings. The van der Waals surface area contributed by atoms with E-state index in [1.807, 2.05) is 0 Å². The Morgan fingerprint density at radius 1 is 1.11 bits per heavy atom. The summed E-state index contributed by atoms with van der Waals surface area (Å²) in [6.45, 7) is 1.60. The second kappa shape index (κ2) is 9.83. The van der Waals surface area contributed by atoms with E-state index in [-0.39, 0.29) is 25.0 Å². The fourth-order valence-electron chi connectivity index (χ4n) is 2.41. The van der Waals surface area contributed by atoms with Crippen LogP contribution < -0.4 is 10.1 Å². The number of nitrogens with one attached hydrogen (secondary N) is 1. The molecule has 0 spiro atoms. The van der Waals surface area contributed by atoms with Gasteiger partial charge in [0.2, 0.25) is 5.91 Å². The SMILES string of the molecule is CNC(=O)C(C)N(Cc1ccc(Cl)c(Cl)c1)C(=O)COc1cccc(Cl)c1. The Morgan fingerprint density at radius 2 is 1.85 bits per heavy atom. The molecule has 27 heavy (non-hydrogen) atoms. The Labute approximate surface area is 173 Å². The second-order valence-corrected chi connectivity index (χ2v) is 7.06. The number of likely N-dealkylation sites (N-methyl/N-ethyl adjacent to an activating group) is 1. The topological polar surface area (TPSA) is 58.6 Å². The molecule has 0 radical (unpaired) electrons. The molecule has 0 fully saturated rings. The highest BCUT2D eigenvalue weighted by Crippen LogP contribution is 2.24. The number of ether oxygens (including phenoxy) is 1. The van der Waals surface area contributed by atoms with Gasteiger partial charge in [0.15, 0.2) is 6.61 Å². The van der Waals surface area contributed by atoms with Crippen molar-refractivity contribution in [3.63, 3.8) is 0 Å². The zero-order valence-corrected chi connectivity index (χ0v) is 17.1. The summed E-state index contributed by atoms with van der Waals surface area (Å²) in [5.41, 5.74) is 0.747. The molecule has 5 nitrogen and oxygen atoms in total. The first kappa shape index (κ1) is 21.4. The van der Waals surface area contributed by atoms with Gasteiger partial charge < -0.3 is 15.0 Å². The maximum Gasteiger partial charge on any atom is 0.261 e. The van der Waals surface area contributed by atoms with Gasteiger partial charge in [0.05, 0.1) is 10.0 Å². The monoisotopic (exact) mass is 428 g/mol. The van der Waals surface area contributed by atoms with Crippen LogP contribution in [0.3, 0.4) is 0 Å². The Hall–Kier alpha value is -1.95. The van der Waals surface area contributed by atoms with Crippen LogP contribution in [0.2, 0.25) is 15.1 Å². The van der Waals surface area contributed by atoms with Crippen molar-refractivity contribution in [2.75, 3.05) is 13.7 Å². The largest absolute Gasteiger partial charge is 0.484 e. The van der Waals surface area contributed by atoms with E-state index in [1.165, 1.54) is 11.9 Å². The van der Waals surface area contributed by atoms with Gasteiger partial charge in [-0.25, -0.2) is 0 Å². The average Bonchev–Trinajstić information content (AvgIpc) is 2.65. The van der Waals surface area contributed by atoms with Crippen LogP contribution in [-0.4, -0.2) is 36.4 Å². The maximum absolute atomic E-state index is 12.7. The molecule has 144 valence electrons. The van der Waals surface area contributed by atoms with Crippen LogP contribution in [0.25, 0.3) is 0 Å². The number of halogens is 3. The minimum atomic E-state index is -0.695. The first-order chi connectivity index (χ1) is 12.8. The smallest absolute Gasteiger partial charge is 0.261 e. The first-order valence-electron chi connectivity index (χ1n) is 8.15. The third kappa shape index (κ3) is 6.03. The van der Waals surface area contributed by atoms with Gasteiger partial charge in [-0.2, -0.15) is 0 Å². The Morgan fingerprint density at radius 3 is 2.48 bits per heavy atom. The van der Waals surface area contributed by atoms with E-state index in [4.69, 9.17) is 39.5 Å². The summed E-state index contributed by atoms with van der Waals surface area (Å²) in [6, 6.07) is 11.1. The van der Waals surface area contributed by atoms with Crippen LogP contribution >= 0.6 is 34.8 Å². The summed E-state index contributed by atoms with van der Waals surface area (Å²) < 4.78 is 5.52. The lowest BCUT2D eigenvalue weighted by Gasteiger charge is -2.28. The number of hydrogen-bond donors (Lipinski definition) is 1. The number of amides is 2. The molecule has 0 aliphatic rings. The Kier molecular flexibility index (Phi) is 7.78. The van der Waals surface area contributed by atoms with Crippen LogP contribution in [-0.2, 0) is 16.1 Å². The quantitative estimate of drug-likeness (QED) is 0.718. The number of carbonyl (C=O) groups excluding carboxylic acids is 2. The number of carbonyl (C=O) groups is 2. The Balaban J connectivity index is 2.16. The molecular formula is C19H19Cl3N2O3. The zero-order chi connectivity index (χ0) is 20.0. The molecular weight excluding hydrogens is 411 g/mol. The Bertz CT molecular complexity index is 830. The molecule has 2 rings (SSSR count). The van der Waals surface area contributed by atoms with Crippen molar-refractivity contribution in [3.05, 3.63) is 63.1 Å². The highest BCUT2D eigenvalue weighted by molar-refractivity contribution is 6.42.